The van der Waals surface area contributed by atoms with Crippen LogP contribution in [0, 0.1) is 0 Å². The van der Waals surface area contributed by atoms with Crippen molar-refractivity contribution in [3.8, 4) is 0 Å². The van der Waals surface area contributed by atoms with Crippen LogP contribution in [0.1, 0.15) is 26.7 Å². The van der Waals surface area contributed by atoms with Gasteiger partial charge >= 0.3 is 0 Å². The number of piperidine rings is 1. The highest BCUT2D eigenvalue weighted by Crippen LogP contribution is 2.22. The number of halogens is 1. The fraction of sp³-hybridized carbons (Fsp3) is 0.588. The van der Waals surface area contributed by atoms with Crippen LogP contribution in [0.25, 0.3) is 0 Å². The van der Waals surface area contributed by atoms with E-state index in [0.717, 1.165) is 35.8 Å². The monoisotopic (exact) mass is 340 g/mol. The molecular formula is C17H25ClN2OS. The number of benzene rings is 1. The molecule has 1 fully saturated rings. The van der Waals surface area contributed by atoms with Gasteiger partial charge in [-0.05, 0) is 51.0 Å². The van der Waals surface area contributed by atoms with Gasteiger partial charge in [-0.1, -0.05) is 11.6 Å². The second kappa shape index (κ2) is 8.23. The van der Waals surface area contributed by atoms with E-state index in [1.54, 1.807) is 11.8 Å². The maximum absolute atomic E-state index is 12.4. The summed E-state index contributed by atoms with van der Waals surface area (Å²) in [7, 11) is 1.94. The Morgan fingerprint density at radius 2 is 1.91 bits per heavy atom. The van der Waals surface area contributed by atoms with Gasteiger partial charge in [0.1, 0.15) is 0 Å². The summed E-state index contributed by atoms with van der Waals surface area (Å²) in [6, 6.07) is 8.62. The molecule has 0 N–H and O–H groups in total. The molecule has 5 heteroatoms. The van der Waals surface area contributed by atoms with E-state index in [0.29, 0.717) is 17.8 Å². The lowest BCUT2D eigenvalue weighted by molar-refractivity contribution is -0.130. The molecule has 0 aromatic heterocycles. The van der Waals surface area contributed by atoms with Crippen molar-refractivity contribution < 1.29 is 4.79 Å². The molecule has 1 aromatic carbocycles. The van der Waals surface area contributed by atoms with Gasteiger partial charge < -0.3 is 9.80 Å². The van der Waals surface area contributed by atoms with Crippen molar-refractivity contribution in [1.29, 1.82) is 0 Å². The van der Waals surface area contributed by atoms with E-state index >= 15 is 0 Å². The topological polar surface area (TPSA) is 23.6 Å². The second-order valence-electron chi connectivity index (χ2n) is 6.11. The first kappa shape index (κ1) is 17.6. The number of rotatable bonds is 5. The van der Waals surface area contributed by atoms with E-state index in [-0.39, 0.29) is 5.91 Å². The summed E-state index contributed by atoms with van der Waals surface area (Å²) in [5.41, 5.74) is 0. The highest BCUT2D eigenvalue weighted by atomic mass is 35.5. The number of hydrogen-bond donors (Lipinski definition) is 0. The molecular weight excluding hydrogens is 316 g/mol. The molecule has 0 aliphatic carbocycles. The lowest BCUT2D eigenvalue weighted by Gasteiger charge is -2.38. The van der Waals surface area contributed by atoms with Crippen LogP contribution in [0.15, 0.2) is 29.2 Å². The average Bonchev–Trinajstić information content (AvgIpc) is 2.53. The maximum Gasteiger partial charge on any atom is 0.232 e. The molecule has 1 saturated heterocycles. The van der Waals surface area contributed by atoms with E-state index in [4.69, 9.17) is 11.6 Å². The predicted octanol–water partition coefficient (Wildman–Crippen LogP) is 3.76. The summed E-state index contributed by atoms with van der Waals surface area (Å²) in [6.45, 7) is 6.64. The van der Waals surface area contributed by atoms with Crippen LogP contribution in [0.2, 0.25) is 5.02 Å². The van der Waals surface area contributed by atoms with Gasteiger partial charge in [-0.2, -0.15) is 0 Å². The molecule has 122 valence electrons. The Morgan fingerprint density at radius 1 is 1.32 bits per heavy atom. The van der Waals surface area contributed by atoms with Gasteiger partial charge in [0.05, 0.1) is 5.75 Å². The zero-order valence-electron chi connectivity index (χ0n) is 13.6. The molecule has 0 atom stereocenters. The average molecular weight is 341 g/mol. The molecule has 0 spiro atoms. The second-order valence-corrected chi connectivity index (χ2v) is 7.59. The molecule has 1 aliphatic heterocycles. The lowest BCUT2D eigenvalue weighted by atomic mass is 10.0. The highest BCUT2D eigenvalue weighted by Gasteiger charge is 2.26. The fourth-order valence-corrected chi connectivity index (χ4v) is 3.72. The number of amides is 1. The van der Waals surface area contributed by atoms with Crippen LogP contribution in [0.4, 0.5) is 0 Å². The molecule has 0 radical (unpaired) electrons. The summed E-state index contributed by atoms with van der Waals surface area (Å²) < 4.78 is 0. The minimum Gasteiger partial charge on any atom is -0.342 e. The smallest absolute Gasteiger partial charge is 0.232 e. The number of carbonyl (C=O) groups excluding carboxylic acids is 1. The van der Waals surface area contributed by atoms with Crippen molar-refractivity contribution in [3.05, 3.63) is 29.3 Å². The lowest BCUT2D eigenvalue weighted by Crippen LogP contribution is -2.47. The fourth-order valence-electron chi connectivity index (χ4n) is 2.77. The first-order valence-electron chi connectivity index (χ1n) is 7.85. The third-order valence-electron chi connectivity index (χ3n) is 4.35. The van der Waals surface area contributed by atoms with Crippen LogP contribution >= 0.6 is 23.4 Å². The Balaban J connectivity index is 1.78. The van der Waals surface area contributed by atoms with Gasteiger partial charge in [0.15, 0.2) is 0 Å². The minimum absolute atomic E-state index is 0.211. The summed E-state index contributed by atoms with van der Waals surface area (Å²) in [5.74, 6) is 0.700. The molecule has 22 heavy (non-hydrogen) atoms. The molecule has 2 rings (SSSR count). The number of carbonyl (C=O) groups is 1. The Bertz CT molecular complexity index is 484. The van der Waals surface area contributed by atoms with Gasteiger partial charge in [-0.25, -0.2) is 0 Å². The van der Waals surface area contributed by atoms with Crippen LogP contribution in [0.3, 0.4) is 0 Å². The van der Waals surface area contributed by atoms with Crippen LogP contribution in [-0.2, 0) is 4.79 Å². The Hall–Kier alpha value is -0.710. The molecule has 1 aromatic rings. The van der Waals surface area contributed by atoms with E-state index in [9.17, 15) is 4.79 Å². The first-order chi connectivity index (χ1) is 10.5. The number of hydrogen-bond acceptors (Lipinski definition) is 3. The van der Waals surface area contributed by atoms with Crippen LogP contribution in [0.5, 0.6) is 0 Å². The van der Waals surface area contributed by atoms with E-state index in [1.807, 2.05) is 36.2 Å². The third kappa shape index (κ3) is 4.90. The van der Waals surface area contributed by atoms with Crippen molar-refractivity contribution in [2.75, 3.05) is 25.9 Å². The summed E-state index contributed by atoms with van der Waals surface area (Å²) in [5, 5.41) is 0.727. The van der Waals surface area contributed by atoms with Gasteiger partial charge in [-0.3, -0.25) is 4.79 Å². The molecule has 1 amide bonds. The van der Waals surface area contributed by atoms with E-state index in [1.165, 1.54) is 0 Å². The van der Waals surface area contributed by atoms with Crippen LogP contribution in [-0.4, -0.2) is 53.7 Å². The van der Waals surface area contributed by atoms with Crippen molar-refractivity contribution in [1.82, 2.24) is 9.80 Å². The largest absolute Gasteiger partial charge is 0.342 e. The van der Waals surface area contributed by atoms with Crippen LogP contribution < -0.4 is 0 Å². The van der Waals surface area contributed by atoms with Gasteiger partial charge in [0.2, 0.25) is 5.91 Å². The van der Waals surface area contributed by atoms with Gasteiger partial charge in [-0.15, -0.1) is 11.8 Å². The molecule has 3 nitrogen and oxygen atoms in total. The quantitative estimate of drug-likeness (QED) is 0.762. The zero-order chi connectivity index (χ0) is 16.1. The van der Waals surface area contributed by atoms with Crippen molar-refractivity contribution >= 4 is 29.3 Å². The van der Waals surface area contributed by atoms with E-state index in [2.05, 4.69) is 18.7 Å². The van der Waals surface area contributed by atoms with E-state index < -0.39 is 0 Å². The van der Waals surface area contributed by atoms with Crippen molar-refractivity contribution in [2.24, 2.45) is 0 Å². The number of thioether (sulfide) groups is 1. The Morgan fingerprint density at radius 3 is 2.45 bits per heavy atom. The summed E-state index contributed by atoms with van der Waals surface area (Å²) in [6.07, 6.45) is 2.15. The summed E-state index contributed by atoms with van der Waals surface area (Å²) >= 11 is 7.45. The van der Waals surface area contributed by atoms with Gasteiger partial charge in [0.25, 0.3) is 0 Å². The molecule has 0 bridgehead atoms. The summed E-state index contributed by atoms with van der Waals surface area (Å²) in [4.78, 5) is 17.9. The minimum atomic E-state index is 0.211. The Kier molecular flexibility index (Phi) is 6.60. The standard InChI is InChI=1S/C17H25ClN2OS/c1-13(2)20-10-8-15(9-11-20)19(3)17(21)12-22-16-6-4-14(18)5-7-16/h4-7,13,15H,8-12H2,1-3H3. The normalized spacial score (nSPS) is 17.0. The maximum atomic E-state index is 12.4. The zero-order valence-corrected chi connectivity index (χ0v) is 15.2. The molecule has 0 saturated carbocycles. The molecule has 1 aliphatic rings. The molecule has 0 unspecified atom stereocenters. The van der Waals surface area contributed by atoms with Crippen molar-refractivity contribution in [2.45, 2.75) is 43.7 Å². The molecule has 1 heterocycles. The predicted molar refractivity (Wildman–Crippen MR) is 94.7 cm³/mol. The third-order valence-corrected chi connectivity index (χ3v) is 5.60. The first-order valence-corrected chi connectivity index (χ1v) is 9.22. The number of nitrogens with zero attached hydrogens (tertiary/aromatic N) is 2. The SMILES string of the molecule is CC(C)N1CCC(N(C)C(=O)CSc2ccc(Cl)cc2)CC1. The Labute approximate surface area is 143 Å². The van der Waals surface area contributed by atoms with Gasteiger partial charge in [0, 0.05) is 42.1 Å². The number of likely N-dealkylation sites (tertiary alicyclic amines) is 1. The van der Waals surface area contributed by atoms with Crippen molar-refractivity contribution in [3.63, 3.8) is 0 Å². The highest BCUT2D eigenvalue weighted by molar-refractivity contribution is 8.00.